The SMILES string of the molecule is COC(=O)C(CCSc1cc(F)ccc1F)NC1CC1. The van der Waals surface area contributed by atoms with E-state index in [1.165, 1.54) is 24.9 Å². The topological polar surface area (TPSA) is 38.3 Å². The average Bonchev–Trinajstić information content (AvgIpc) is 3.24. The molecule has 2 rings (SSSR count). The molecule has 0 heterocycles. The van der Waals surface area contributed by atoms with E-state index in [0.717, 1.165) is 25.0 Å². The summed E-state index contributed by atoms with van der Waals surface area (Å²) in [6.45, 7) is 0. The Kier molecular flexibility index (Phi) is 5.37. The minimum atomic E-state index is -0.463. The number of carbonyl (C=O) groups excluding carboxylic acids is 1. The van der Waals surface area contributed by atoms with E-state index in [4.69, 9.17) is 4.74 Å². The highest BCUT2D eigenvalue weighted by Crippen LogP contribution is 2.25. The van der Waals surface area contributed by atoms with Gasteiger partial charge in [0.05, 0.1) is 7.11 Å². The molecule has 0 spiro atoms. The van der Waals surface area contributed by atoms with Crippen molar-refractivity contribution in [3.63, 3.8) is 0 Å². The number of methoxy groups -OCH3 is 1. The summed E-state index contributed by atoms with van der Waals surface area (Å²) < 4.78 is 31.2. The molecule has 3 nitrogen and oxygen atoms in total. The Labute approximate surface area is 121 Å². The second kappa shape index (κ2) is 7.04. The Balaban J connectivity index is 1.85. The normalized spacial score (nSPS) is 15.9. The minimum Gasteiger partial charge on any atom is -0.468 e. The fourth-order valence-electron chi connectivity index (χ4n) is 1.82. The molecule has 1 unspecified atom stereocenters. The maximum Gasteiger partial charge on any atom is 0.322 e. The number of hydrogen-bond acceptors (Lipinski definition) is 4. The van der Waals surface area contributed by atoms with Crippen molar-refractivity contribution in [1.82, 2.24) is 5.32 Å². The van der Waals surface area contributed by atoms with E-state index in [0.29, 0.717) is 18.2 Å². The van der Waals surface area contributed by atoms with Crippen LogP contribution in [0.2, 0.25) is 0 Å². The molecule has 1 aliphatic carbocycles. The summed E-state index contributed by atoms with van der Waals surface area (Å²) in [5.41, 5.74) is 0. The number of carbonyl (C=O) groups is 1. The van der Waals surface area contributed by atoms with E-state index >= 15 is 0 Å². The number of ether oxygens (including phenoxy) is 1. The van der Waals surface area contributed by atoms with Crippen molar-refractivity contribution in [3.8, 4) is 0 Å². The second-order valence-corrected chi connectivity index (χ2v) is 5.87. The van der Waals surface area contributed by atoms with Crippen LogP contribution in [-0.2, 0) is 9.53 Å². The Bertz CT molecular complexity index is 480. The van der Waals surface area contributed by atoms with Crippen LogP contribution in [0.1, 0.15) is 19.3 Å². The molecule has 0 amide bonds. The van der Waals surface area contributed by atoms with Gasteiger partial charge in [-0.05, 0) is 37.5 Å². The van der Waals surface area contributed by atoms with E-state index < -0.39 is 11.6 Å². The Hall–Kier alpha value is -1.14. The summed E-state index contributed by atoms with van der Waals surface area (Å²) in [6.07, 6.45) is 2.65. The van der Waals surface area contributed by atoms with Crippen molar-refractivity contribution in [3.05, 3.63) is 29.8 Å². The van der Waals surface area contributed by atoms with Gasteiger partial charge in [-0.3, -0.25) is 4.79 Å². The van der Waals surface area contributed by atoms with Crippen molar-refractivity contribution < 1.29 is 18.3 Å². The molecule has 0 aliphatic heterocycles. The summed E-state index contributed by atoms with van der Waals surface area (Å²) in [6, 6.07) is 3.37. The van der Waals surface area contributed by atoms with Gasteiger partial charge in [0.2, 0.25) is 0 Å². The van der Waals surface area contributed by atoms with Gasteiger partial charge in [0.1, 0.15) is 17.7 Å². The first-order chi connectivity index (χ1) is 9.60. The van der Waals surface area contributed by atoms with Gasteiger partial charge in [0, 0.05) is 16.7 Å². The zero-order valence-corrected chi connectivity index (χ0v) is 12.0. The second-order valence-electron chi connectivity index (χ2n) is 4.73. The molecular formula is C14H17F2NO2S. The van der Waals surface area contributed by atoms with E-state index in [2.05, 4.69) is 5.32 Å². The van der Waals surface area contributed by atoms with E-state index in [1.807, 2.05) is 0 Å². The number of esters is 1. The zero-order chi connectivity index (χ0) is 14.5. The van der Waals surface area contributed by atoms with Crippen LogP contribution in [0.3, 0.4) is 0 Å². The highest BCUT2D eigenvalue weighted by molar-refractivity contribution is 7.99. The Morgan fingerprint density at radius 3 is 2.90 bits per heavy atom. The third-order valence-electron chi connectivity index (χ3n) is 3.06. The smallest absolute Gasteiger partial charge is 0.322 e. The van der Waals surface area contributed by atoms with Gasteiger partial charge < -0.3 is 10.1 Å². The van der Waals surface area contributed by atoms with E-state index in [1.54, 1.807) is 0 Å². The monoisotopic (exact) mass is 301 g/mol. The highest BCUT2D eigenvalue weighted by atomic mass is 32.2. The summed E-state index contributed by atoms with van der Waals surface area (Å²) in [4.78, 5) is 11.9. The first-order valence-corrected chi connectivity index (χ1v) is 7.50. The van der Waals surface area contributed by atoms with Gasteiger partial charge >= 0.3 is 5.97 Å². The first kappa shape index (κ1) is 15.3. The van der Waals surface area contributed by atoms with Crippen LogP contribution < -0.4 is 5.32 Å². The lowest BCUT2D eigenvalue weighted by molar-refractivity contribution is -0.143. The molecule has 1 N–H and O–H groups in total. The molecular weight excluding hydrogens is 284 g/mol. The number of halogens is 2. The molecule has 0 saturated heterocycles. The van der Waals surface area contributed by atoms with Crippen molar-refractivity contribution in [2.24, 2.45) is 0 Å². The summed E-state index contributed by atoms with van der Waals surface area (Å²) in [5, 5.41) is 3.20. The highest BCUT2D eigenvalue weighted by Gasteiger charge is 2.28. The third kappa shape index (κ3) is 4.45. The molecule has 6 heteroatoms. The van der Waals surface area contributed by atoms with Crippen LogP contribution in [0.15, 0.2) is 23.1 Å². The van der Waals surface area contributed by atoms with Gasteiger partial charge in [-0.15, -0.1) is 11.8 Å². The van der Waals surface area contributed by atoms with Crippen LogP contribution in [0.4, 0.5) is 8.78 Å². The van der Waals surface area contributed by atoms with E-state index in [-0.39, 0.29) is 16.9 Å². The van der Waals surface area contributed by atoms with Gasteiger partial charge in [-0.25, -0.2) is 8.78 Å². The third-order valence-corrected chi connectivity index (χ3v) is 4.12. The lowest BCUT2D eigenvalue weighted by atomic mass is 10.2. The Morgan fingerprint density at radius 1 is 1.50 bits per heavy atom. The number of thioether (sulfide) groups is 1. The molecule has 1 aliphatic rings. The molecule has 1 fully saturated rings. The van der Waals surface area contributed by atoms with Gasteiger partial charge in [-0.1, -0.05) is 0 Å². The standard InChI is InChI=1S/C14H17F2NO2S/c1-19-14(18)12(17-10-3-4-10)6-7-20-13-8-9(15)2-5-11(13)16/h2,5,8,10,12,17H,3-4,6-7H2,1H3. The molecule has 20 heavy (non-hydrogen) atoms. The molecule has 110 valence electrons. The average molecular weight is 301 g/mol. The lowest BCUT2D eigenvalue weighted by Gasteiger charge is -2.15. The number of rotatable bonds is 7. The number of hydrogen-bond donors (Lipinski definition) is 1. The number of benzene rings is 1. The summed E-state index contributed by atoms with van der Waals surface area (Å²) in [7, 11) is 1.35. The van der Waals surface area contributed by atoms with Crippen LogP contribution >= 0.6 is 11.8 Å². The van der Waals surface area contributed by atoms with Crippen molar-refractivity contribution in [2.45, 2.75) is 36.2 Å². The fourth-order valence-corrected chi connectivity index (χ4v) is 2.80. The van der Waals surface area contributed by atoms with Crippen molar-refractivity contribution in [2.75, 3.05) is 12.9 Å². The fraction of sp³-hybridized carbons (Fsp3) is 0.500. The van der Waals surface area contributed by atoms with E-state index in [9.17, 15) is 13.6 Å². The zero-order valence-electron chi connectivity index (χ0n) is 11.2. The van der Waals surface area contributed by atoms with Crippen LogP contribution in [0.5, 0.6) is 0 Å². The van der Waals surface area contributed by atoms with Gasteiger partial charge in [0.15, 0.2) is 0 Å². The van der Waals surface area contributed by atoms with Crippen molar-refractivity contribution in [1.29, 1.82) is 0 Å². The largest absolute Gasteiger partial charge is 0.468 e. The molecule has 0 bridgehead atoms. The predicted molar refractivity (Wildman–Crippen MR) is 73.7 cm³/mol. The van der Waals surface area contributed by atoms with Crippen LogP contribution in [-0.4, -0.2) is 30.9 Å². The predicted octanol–water partition coefficient (Wildman–Crippen LogP) is 2.74. The molecule has 1 saturated carbocycles. The van der Waals surface area contributed by atoms with Gasteiger partial charge in [-0.2, -0.15) is 0 Å². The molecule has 0 radical (unpaired) electrons. The quantitative estimate of drug-likeness (QED) is 0.621. The van der Waals surface area contributed by atoms with Gasteiger partial charge in [0.25, 0.3) is 0 Å². The number of nitrogens with one attached hydrogen (secondary N) is 1. The first-order valence-electron chi connectivity index (χ1n) is 6.52. The lowest BCUT2D eigenvalue weighted by Crippen LogP contribution is -2.39. The summed E-state index contributed by atoms with van der Waals surface area (Å²) in [5.74, 6) is -0.701. The maximum absolute atomic E-state index is 13.4. The summed E-state index contributed by atoms with van der Waals surface area (Å²) >= 11 is 1.20. The van der Waals surface area contributed by atoms with Crippen LogP contribution in [0.25, 0.3) is 0 Å². The Morgan fingerprint density at radius 2 is 2.25 bits per heavy atom. The minimum absolute atomic E-state index is 0.264. The molecule has 1 aromatic carbocycles. The molecule has 1 atom stereocenters. The van der Waals surface area contributed by atoms with Crippen LogP contribution in [0, 0.1) is 11.6 Å². The van der Waals surface area contributed by atoms with Crippen molar-refractivity contribution >= 4 is 17.7 Å². The molecule has 1 aromatic rings. The molecule has 0 aromatic heterocycles. The maximum atomic E-state index is 13.4.